The van der Waals surface area contributed by atoms with Gasteiger partial charge >= 0.3 is 12.1 Å². The maximum Gasteiger partial charge on any atom is 0.516 e. The second kappa shape index (κ2) is 11.5. The molecule has 0 N–H and O–H groups in total. The summed E-state index contributed by atoms with van der Waals surface area (Å²) in [6, 6.07) is 8.31. The minimum Gasteiger partial charge on any atom is -0.434 e. The van der Waals surface area contributed by atoms with Crippen LogP contribution in [-0.4, -0.2) is 31.9 Å². The van der Waals surface area contributed by atoms with E-state index in [0.29, 0.717) is 18.8 Å². The first kappa shape index (κ1) is 17.9. The van der Waals surface area contributed by atoms with Crippen molar-refractivity contribution < 1.29 is 23.8 Å². The first-order chi connectivity index (χ1) is 10.7. The van der Waals surface area contributed by atoms with Crippen molar-refractivity contribution in [2.75, 3.05) is 19.8 Å². The predicted octanol–water partition coefficient (Wildman–Crippen LogP) is 3.74. The van der Waals surface area contributed by atoms with Crippen molar-refractivity contribution in [2.45, 2.75) is 25.7 Å². The molecule has 0 saturated heterocycles. The van der Waals surface area contributed by atoms with Crippen LogP contribution in [0.3, 0.4) is 0 Å². The number of esters is 1. The van der Waals surface area contributed by atoms with Gasteiger partial charge < -0.3 is 14.2 Å². The van der Waals surface area contributed by atoms with Gasteiger partial charge in [0.05, 0.1) is 18.8 Å². The van der Waals surface area contributed by atoms with Crippen molar-refractivity contribution >= 4 is 12.1 Å². The summed E-state index contributed by atoms with van der Waals surface area (Å²) in [6.45, 7) is 5.09. The largest absolute Gasteiger partial charge is 0.516 e. The van der Waals surface area contributed by atoms with Crippen molar-refractivity contribution in [1.82, 2.24) is 0 Å². The minimum atomic E-state index is -0.955. The fraction of sp³-hybridized carbons (Fsp3) is 0.412. The van der Waals surface area contributed by atoms with Gasteiger partial charge in [-0.3, -0.25) is 0 Å². The number of ether oxygens (including phenoxy) is 3. The van der Waals surface area contributed by atoms with Crippen LogP contribution in [0.25, 0.3) is 0 Å². The number of benzene rings is 1. The Bertz CT molecular complexity index is 455. The highest BCUT2D eigenvalue weighted by Gasteiger charge is 2.13. The molecule has 1 aromatic carbocycles. The summed E-state index contributed by atoms with van der Waals surface area (Å²) in [5.41, 5.74) is 0.318. The van der Waals surface area contributed by atoms with Gasteiger partial charge in [-0.05, 0) is 31.4 Å². The molecule has 5 nitrogen and oxygen atoms in total. The summed E-state index contributed by atoms with van der Waals surface area (Å²) in [6.07, 6.45) is 4.38. The molecule has 0 aliphatic heterocycles. The fourth-order valence-corrected chi connectivity index (χ4v) is 1.72. The lowest BCUT2D eigenvalue weighted by atomic mass is 10.2. The van der Waals surface area contributed by atoms with Crippen LogP contribution in [0.5, 0.6) is 0 Å². The summed E-state index contributed by atoms with van der Waals surface area (Å²) in [4.78, 5) is 22.9. The maximum absolute atomic E-state index is 11.6. The third kappa shape index (κ3) is 8.21. The normalized spacial score (nSPS) is 10.0. The topological polar surface area (TPSA) is 61.8 Å². The molecule has 1 aromatic rings. The van der Waals surface area contributed by atoms with Crippen molar-refractivity contribution in [3.05, 3.63) is 48.6 Å². The van der Waals surface area contributed by atoms with Gasteiger partial charge in [-0.25, -0.2) is 9.59 Å². The zero-order valence-electron chi connectivity index (χ0n) is 12.7. The van der Waals surface area contributed by atoms with Crippen LogP contribution >= 0.6 is 0 Å². The summed E-state index contributed by atoms with van der Waals surface area (Å²) in [5.74, 6) is -0.704. The fourth-order valence-electron chi connectivity index (χ4n) is 1.72. The number of hydrogen-bond acceptors (Lipinski definition) is 5. The smallest absolute Gasteiger partial charge is 0.434 e. The summed E-state index contributed by atoms with van der Waals surface area (Å²) >= 11 is 0. The quantitative estimate of drug-likeness (QED) is 0.285. The number of hydrogen-bond donors (Lipinski definition) is 0. The Kier molecular flexibility index (Phi) is 9.37. The Balaban J connectivity index is 2.02. The predicted molar refractivity (Wildman–Crippen MR) is 82.7 cm³/mol. The molecule has 120 valence electrons. The molecule has 0 aromatic heterocycles. The van der Waals surface area contributed by atoms with E-state index in [-0.39, 0.29) is 6.61 Å². The highest BCUT2D eigenvalue weighted by Crippen LogP contribution is 2.04. The lowest BCUT2D eigenvalue weighted by Crippen LogP contribution is -2.14. The third-order valence-corrected chi connectivity index (χ3v) is 2.82. The van der Waals surface area contributed by atoms with Gasteiger partial charge in [0.2, 0.25) is 0 Å². The Labute approximate surface area is 130 Å². The van der Waals surface area contributed by atoms with Gasteiger partial charge in [0.1, 0.15) is 0 Å². The average Bonchev–Trinajstić information content (AvgIpc) is 2.54. The maximum atomic E-state index is 11.6. The van der Waals surface area contributed by atoms with Gasteiger partial charge in [0.15, 0.2) is 0 Å². The van der Waals surface area contributed by atoms with Gasteiger partial charge in [-0.15, -0.1) is 6.58 Å². The van der Waals surface area contributed by atoms with Crippen LogP contribution in [0.1, 0.15) is 36.0 Å². The van der Waals surface area contributed by atoms with Crippen LogP contribution < -0.4 is 0 Å². The van der Waals surface area contributed by atoms with Crippen molar-refractivity contribution in [2.24, 2.45) is 0 Å². The van der Waals surface area contributed by atoms with Crippen LogP contribution in [0, 0.1) is 0 Å². The molecule has 1 rings (SSSR count). The second-order valence-corrected chi connectivity index (χ2v) is 4.63. The van der Waals surface area contributed by atoms with E-state index in [1.165, 1.54) is 0 Å². The average molecular weight is 306 g/mol. The molecule has 0 atom stereocenters. The molecule has 0 heterocycles. The lowest BCUT2D eigenvalue weighted by molar-refractivity contribution is 0.0380. The molecule has 0 fully saturated rings. The highest BCUT2D eigenvalue weighted by molar-refractivity contribution is 5.95. The van der Waals surface area contributed by atoms with E-state index < -0.39 is 12.1 Å². The van der Waals surface area contributed by atoms with Crippen LogP contribution in [0.15, 0.2) is 43.0 Å². The van der Waals surface area contributed by atoms with Gasteiger partial charge in [-0.1, -0.05) is 30.7 Å². The second-order valence-electron chi connectivity index (χ2n) is 4.63. The van der Waals surface area contributed by atoms with E-state index in [9.17, 15) is 9.59 Å². The standard InChI is InChI=1S/C17H22O5/c1-2-12-20-13-8-3-4-9-14-21-17(19)22-16(18)15-10-6-5-7-11-15/h2,5-7,10-11H,1,3-4,8-9,12-14H2. The molecule has 0 radical (unpaired) electrons. The summed E-state index contributed by atoms with van der Waals surface area (Å²) < 4.78 is 14.7. The Morgan fingerprint density at radius 2 is 1.68 bits per heavy atom. The van der Waals surface area contributed by atoms with Crippen LogP contribution in [-0.2, 0) is 14.2 Å². The zero-order chi connectivity index (χ0) is 16.0. The first-order valence-electron chi connectivity index (χ1n) is 7.36. The van der Waals surface area contributed by atoms with Gasteiger partial charge in [-0.2, -0.15) is 0 Å². The van der Waals surface area contributed by atoms with Gasteiger partial charge in [0, 0.05) is 6.61 Å². The molecule has 5 heteroatoms. The monoisotopic (exact) mass is 306 g/mol. The molecule has 22 heavy (non-hydrogen) atoms. The number of carbonyl (C=O) groups is 2. The summed E-state index contributed by atoms with van der Waals surface area (Å²) in [5, 5.41) is 0. The van der Waals surface area contributed by atoms with Crippen LogP contribution in [0.4, 0.5) is 4.79 Å². The molecule has 0 aliphatic rings. The van der Waals surface area contributed by atoms with E-state index in [2.05, 4.69) is 11.3 Å². The van der Waals surface area contributed by atoms with Crippen molar-refractivity contribution in [1.29, 1.82) is 0 Å². The molecule has 0 unspecified atom stereocenters. The number of unbranched alkanes of at least 4 members (excludes halogenated alkanes) is 3. The van der Waals surface area contributed by atoms with Crippen LogP contribution in [0.2, 0.25) is 0 Å². The van der Waals surface area contributed by atoms with E-state index in [0.717, 1.165) is 25.7 Å². The molecular weight excluding hydrogens is 284 g/mol. The molecule has 0 aliphatic carbocycles. The third-order valence-electron chi connectivity index (χ3n) is 2.82. The van der Waals surface area contributed by atoms with E-state index >= 15 is 0 Å². The molecule has 0 bridgehead atoms. The minimum absolute atomic E-state index is 0.244. The Morgan fingerprint density at radius 1 is 1.00 bits per heavy atom. The molecular formula is C17H22O5. The van der Waals surface area contributed by atoms with E-state index in [4.69, 9.17) is 9.47 Å². The summed E-state index contributed by atoms with van der Waals surface area (Å²) in [7, 11) is 0. The molecule has 0 saturated carbocycles. The van der Waals surface area contributed by atoms with Crippen molar-refractivity contribution in [3.63, 3.8) is 0 Å². The first-order valence-corrected chi connectivity index (χ1v) is 7.36. The Morgan fingerprint density at radius 3 is 2.36 bits per heavy atom. The highest BCUT2D eigenvalue weighted by atomic mass is 16.7. The van der Waals surface area contributed by atoms with E-state index in [1.54, 1.807) is 36.4 Å². The zero-order valence-corrected chi connectivity index (χ0v) is 12.7. The SMILES string of the molecule is C=CCOCCCCCCOC(=O)OC(=O)c1ccccc1. The van der Waals surface area contributed by atoms with Gasteiger partial charge in [0.25, 0.3) is 0 Å². The molecule has 0 spiro atoms. The lowest BCUT2D eigenvalue weighted by Gasteiger charge is -2.05. The van der Waals surface area contributed by atoms with Crippen molar-refractivity contribution in [3.8, 4) is 0 Å². The van der Waals surface area contributed by atoms with E-state index in [1.807, 2.05) is 0 Å². The number of carbonyl (C=O) groups excluding carboxylic acids is 2. The number of rotatable bonds is 10. The molecule has 0 amide bonds. The Hall–Kier alpha value is -2.14.